The minimum absolute atomic E-state index is 0.410. The molecule has 1 saturated heterocycles. The summed E-state index contributed by atoms with van der Waals surface area (Å²) in [5.74, 6) is 0.358. The van der Waals surface area contributed by atoms with E-state index in [4.69, 9.17) is 0 Å². The molecule has 1 fully saturated rings. The predicted octanol–water partition coefficient (Wildman–Crippen LogP) is -0.483. The van der Waals surface area contributed by atoms with Gasteiger partial charge in [-0.3, -0.25) is 9.59 Å². The van der Waals surface area contributed by atoms with Crippen molar-refractivity contribution >= 4 is 37.1 Å². The topological polar surface area (TPSA) is 40.6 Å². The number of carbonyl (C=O) groups is 2. The molecular formula is C8H14N2O2S2. The van der Waals surface area contributed by atoms with Crippen molar-refractivity contribution in [2.75, 3.05) is 37.7 Å². The van der Waals surface area contributed by atoms with E-state index in [0.29, 0.717) is 37.7 Å². The summed E-state index contributed by atoms with van der Waals surface area (Å²) in [6, 6.07) is 0. The lowest BCUT2D eigenvalue weighted by Gasteiger charge is -2.33. The smallest absolute Gasteiger partial charge is 0.312 e. The quantitative estimate of drug-likeness (QED) is 0.509. The van der Waals surface area contributed by atoms with Crippen molar-refractivity contribution in [1.82, 2.24) is 9.80 Å². The molecule has 14 heavy (non-hydrogen) atoms. The highest BCUT2D eigenvalue weighted by Crippen LogP contribution is 2.05. The molecule has 0 aromatic heterocycles. The number of piperazine rings is 1. The summed E-state index contributed by atoms with van der Waals surface area (Å²) in [7, 11) is 0. The standard InChI is InChI=1S/C8H14N2O2S2/c11-7-8(12)10(4-6-14)2-1-9(7)3-5-13/h13-14H,1-6H2. The maximum absolute atomic E-state index is 11.5. The van der Waals surface area contributed by atoms with Gasteiger partial charge < -0.3 is 9.80 Å². The number of thiol groups is 2. The molecule has 0 atom stereocenters. The van der Waals surface area contributed by atoms with Crippen LogP contribution in [0.5, 0.6) is 0 Å². The van der Waals surface area contributed by atoms with Crippen LogP contribution in [0.25, 0.3) is 0 Å². The molecule has 0 radical (unpaired) electrons. The Labute approximate surface area is 94.4 Å². The molecule has 0 bridgehead atoms. The number of nitrogens with zero attached hydrogens (tertiary/aromatic N) is 2. The van der Waals surface area contributed by atoms with Gasteiger partial charge >= 0.3 is 11.8 Å². The van der Waals surface area contributed by atoms with Crippen molar-refractivity contribution in [3.8, 4) is 0 Å². The molecule has 2 amide bonds. The van der Waals surface area contributed by atoms with E-state index < -0.39 is 11.8 Å². The van der Waals surface area contributed by atoms with Crippen molar-refractivity contribution < 1.29 is 9.59 Å². The average Bonchev–Trinajstić information content (AvgIpc) is 2.18. The van der Waals surface area contributed by atoms with Crippen molar-refractivity contribution in [3.05, 3.63) is 0 Å². The maximum Gasteiger partial charge on any atom is 0.312 e. The Bertz CT molecular complexity index is 211. The SMILES string of the molecule is O=C1C(=O)N(CCS)CCN1CCS. The molecule has 0 N–H and O–H groups in total. The van der Waals surface area contributed by atoms with Gasteiger partial charge in [0.15, 0.2) is 0 Å². The lowest BCUT2D eigenvalue weighted by atomic mass is 10.3. The largest absolute Gasteiger partial charge is 0.332 e. The van der Waals surface area contributed by atoms with Crippen molar-refractivity contribution in [2.45, 2.75) is 0 Å². The van der Waals surface area contributed by atoms with E-state index in [9.17, 15) is 9.59 Å². The fourth-order valence-electron chi connectivity index (χ4n) is 1.38. The van der Waals surface area contributed by atoms with E-state index >= 15 is 0 Å². The summed E-state index contributed by atoms with van der Waals surface area (Å²) >= 11 is 8.07. The molecule has 0 spiro atoms. The van der Waals surface area contributed by atoms with Gasteiger partial charge in [-0.05, 0) is 0 Å². The molecule has 80 valence electrons. The Morgan fingerprint density at radius 2 is 1.29 bits per heavy atom. The molecule has 1 rings (SSSR count). The molecule has 6 heteroatoms. The highest BCUT2D eigenvalue weighted by atomic mass is 32.1. The highest BCUT2D eigenvalue weighted by molar-refractivity contribution is 7.80. The maximum atomic E-state index is 11.5. The Kier molecular flexibility index (Phi) is 4.60. The van der Waals surface area contributed by atoms with E-state index in [-0.39, 0.29) is 0 Å². The van der Waals surface area contributed by atoms with Gasteiger partial charge in [0.1, 0.15) is 0 Å². The van der Waals surface area contributed by atoms with Crippen LogP contribution >= 0.6 is 25.3 Å². The summed E-state index contributed by atoms with van der Waals surface area (Å²) in [5, 5.41) is 0. The first-order valence-corrected chi connectivity index (χ1v) is 5.77. The Balaban J connectivity index is 2.55. The molecular weight excluding hydrogens is 220 g/mol. The molecule has 1 aliphatic heterocycles. The van der Waals surface area contributed by atoms with Gasteiger partial charge in [-0.25, -0.2) is 0 Å². The first kappa shape index (κ1) is 11.7. The first-order valence-electron chi connectivity index (χ1n) is 4.50. The van der Waals surface area contributed by atoms with Gasteiger partial charge in [0, 0.05) is 37.7 Å². The van der Waals surface area contributed by atoms with Gasteiger partial charge in [0.2, 0.25) is 0 Å². The number of hydrogen-bond donors (Lipinski definition) is 2. The van der Waals surface area contributed by atoms with E-state index in [1.165, 1.54) is 0 Å². The Morgan fingerprint density at radius 3 is 1.57 bits per heavy atom. The van der Waals surface area contributed by atoms with Crippen LogP contribution in [-0.4, -0.2) is 59.3 Å². The van der Waals surface area contributed by atoms with Crippen molar-refractivity contribution in [2.24, 2.45) is 0 Å². The van der Waals surface area contributed by atoms with E-state index in [1.54, 1.807) is 9.80 Å². The van der Waals surface area contributed by atoms with Crippen LogP contribution in [0.4, 0.5) is 0 Å². The molecule has 0 saturated carbocycles. The van der Waals surface area contributed by atoms with Gasteiger partial charge in [-0.2, -0.15) is 25.3 Å². The highest BCUT2D eigenvalue weighted by Gasteiger charge is 2.31. The molecule has 4 nitrogen and oxygen atoms in total. The summed E-state index contributed by atoms with van der Waals surface area (Å²) < 4.78 is 0. The van der Waals surface area contributed by atoms with Crippen LogP contribution in [0.1, 0.15) is 0 Å². The summed E-state index contributed by atoms with van der Waals surface area (Å²) in [6.45, 7) is 2.31. The fourth-order valence-corrected chi connectivity index (χ4v) is 1.87. The normalized spacial score (nSPS) is 17.9. The Morgan fingerprint density at radius 1 is 0.929 bits per heavy atom. The number of amides is 2. The molecule has 1 heterocycles. The number of rotatable bonds is 4. The van der Waals surface area contributed by atoms with Crippen LogP contribution in [0.3, 0.4) is 0 Å². The zero-order valence-electron chi connectivity index (χ0n) is 7.85. The van der Waals surface area contributed by atoms with Gasteiger partial charge in [-0.1, -0.05) is 0 Å². The molecule has 0 unspecified atom stereocenters. The minimum Gasteiger partial charge on any atom is -0.332 e. The van der Waals surface area contributed by atoms with Crippen LogP contribution in [0.15, 0.2) is 0 Å². The fraction of sp³-hybridized carbons (Fsp3) is 0.750. The van der Waals surface area contributed by atoms with Crippen LogP contribution in [-0.2, 0) is 9.59 Å². The van der Waals surface area contributed by atoms with Crippen LogP contribution < -0.4 is 0 Å². The van der Waals surface area contributed by atoms with Gasteiger partial charge in [0.25, 0.3) is 0 Å². The summed E-state index contributed by atoms with van der Waals surface area (Å²) in [6.07, 6.45) is 0. The van der Waals surface area contributed by atoms with E-state index in [2.05, 4.69) is 25.3 Å². The molecule has 0 aromatic carbocycles. The number of carbonyl (C=O) groups excluding carboxylic acids is 2. The van der Waals surface area contributed by atoms with E-state index in [1.807, 2.05) is 0 Å². The molecule has 0 aromatic rings. The monoisotopic (exact) mass is 234 g/mol. The first-order chi connectivity index (χ1) is 6.70. The van der Waals surface area contributed by atoms with Crippen molar-refractivity contribution in [3.63, 3.8) is 0 Å². The average molecular weight is 234 g/mol. The summed E-state index contributed by atoms with van der Waals surface area (Å²) in [4.78, 5) is 26.0. The van der Waals surface area contributed by atoms with Gasteiger partial charge in [-0.15, -0.1) is 0 Å². The second-order valence-corrected chi connectivity index (χ2v) is 3.93. The third-order valence-corrected chi connectivity index (χ3v) is 2.54. The number of hydrogen-bond acceptors (Lipinski definition) is 4. The lowest BCUT2D eigenvalue weighted by molar-refractivity contribution is -0.155. The predicted molar refractivity (Wildman–Crippen MR) is 60.9 cm³/mol. The summed E-state index contributed by atoms with van der Waals surface area (Å²) in [5.41, 5.74) is 0. The van der Waals surface area contributed by atoms with E-state index in [0.717, 1.165) is 0 Å². The third-order valence-electron chi connectivity index (χ3n) is 2.14. The molecule has 1 aliphatic rings. The van der Waals surface area contributed by atoms with Crippen LogP contribution in [0.2, 0.25) is 0 Å². The zero-order chi connectivity index (χ0) is 10.6. The minimum atomic E-state index is -0.410. The Hall–Kier alpha value is -0.360. The van der Waals surface area contributed by atoms with Crippen LogP contribution in [0, 0.1) is 0 Å². The second-order valence-electron chi connectivity index (χ2n) is 3.03. The third kappa shape index (κ3) is 2.57. The molecule has 0 aliphatic carbocycles. The van der Waals surface area contributed by atoms with Gasteiger partial charge in [0.05, 0.1) is 0 Å². The second kappa shape index (κ2) is 5.50. The zero-order valence-corrected chi connectivity index (χ0v) is 9.64. The lowest BCUT2D eigenvalue weighted by Crippen LogP contribution is -2.55. The van der Waals surface area contributed by atoms with Crippen molar-refractivity contribution in [1.29, 1.82) is 0 Å².